The third-order valence-corrected chi connectivity index (χ3v) is 2.40. The zero-order chi connectivity index (χ0) is 8.39. The molecule has 0 saturated heterocycles. The Morgan fingerprint density at radius 2 is 1.85 bits per heavy atom. The van der Waals surface area contributed by atoms with Gasteiger partial charge in [0.05, 0.1) is 5.69 Å². The van der Waals surface area contributed by atoms with E-state index >= 15 is 0 Å². The molecule has 0 saturated carbocycles. The van der Waals surface area contributed by atoms with E-state index in [9.17, 15) is 0 Å². The molecule has 0 spiro atoms. The molecular formula is C10H9Br2N. The Morgan fingerprint density at radius 1 is 1.15 bits per heavy atom. The Labute approximate surface area is 96.1 Å². The van der Waals surface area contributed by atoms with Crippen molar-refractivity contribution in [2.75, 3.05) is 0 Å². The van der Waals surface area contributed by atoms with Gasteiger partial charge in [-0.25, -0.2) is 0 Å². The summed E-state index contributed by atoms with van der Waals surface area (Å²) in [5.41, 5.74) is 1.08. The van der Waals surface area contributed by atoms with Gasteiger partial charge in [-0.2, -0.15) is 0 Å². The van der Waals surface area contributed by atoms with Gasteiger partial charge >= 0.3 is 0 Å². The van der Waals surface area contributed by atoms with Crippen LogP contribution in [0.3, 0.4) is 0 Å². The van der Waals surface area contributed by atoms with Crippen molar-refractivity contribution in [2.45, 2.75) is 5.33 Å². The largest absolute Gasteiger partial charge is 0.260 e. The highest BCUT2D eigenvalue weighted by Gasteiger charge is 1.94. The average molecular weight is 303 g/mol. The van der Waals surface area contributed by atoms with Gasteiger partial charge in [-0.1, -0.05) is 40.2 Å². The monoisotopic (exact) mass is 301 g/mol. The molecule has 0 aliphatic heterocycles. The van der Waals surface area contributed by atoms with Crippen LogP contribution in [-0.4, -0.2) is 4.98 Å². The quantitative estimate of drug-likeness (QED) is 0.732. The minimum absolute atomic E-state index is 0. The van der Waals surface area contributed by atoms with Crippen molar-refractivity contribution in [3.63, 3.8) is 0 Å². The fraction of sp³-hybridized carbons (Fsp3) is 0.100. The number of benzene rings is 1. The summed E-state index contributed by atoms with van der Waals surface area (Å²) in [5.74, 6) is 0. The highest BCUT2D eigenvalue weighted by molar-refractivity contribution is 9.08. The van der Waals surface area contributed by atoms with Gasteiger partial charge in [0.25, 0.3) is 0 Å². The first kappa shape index (κ1) is 10.7. The molecule has 0 N–H and O–H groups in total. The lowest BCUT2D eigenvalue weighted by Crippen LogP contribution is -1.83. The zero-order valence-corrected chi connectivity index (χ0v) is 10.2. The second-order valence-corrected chi connectivity index (χ2v) is 3.22. The number of alkyl halides is 1. The molecule has 0 bridgehead atoms. The van der Waals surface area contributed by atoms with Gasteiger partial charge in [-0.05, 0) is 11.5 Å². The number of aromatic nitrogens is 1. The summed E-state index contributed by atoms with van der Waals surface area (Å²) in [5, 5.41) is 3.27. The van der Waals surface area contributed by atoms with Gasteiger partial charge in [-0.15, -0.1) is 17.0 Å². The third-order valence-electron chi connectivity index (χ3n) is 1.82. The fourth-order valence-corrected chi connectivity index (χ4v) is 1.51. The number of nitrogens with zero attached hydrogens (tertiary/aromatic N) is 1. The van der Waals surface area contributed by atoms with Gasteiger partial charge in [-0.3, -0.25) is 4.98 Å². The van der Waals surface area contributed by atoms with Gasteiger partial charge in [0.1, 0.15) is 0 Å². The number of pyridine rings is 1. The summed E-state index contributed by atoms with van der Waals surface area (Å²) in [6.45, 7) is 0. The molecule has 13 heavy (non-hydrogen) atoms. The van der Waals surface area contributed by atoms with E-state index in [0.29, 0.717) is 0 Å². The third kappa shape index (κ3) is 2.29. The molecule has 1 aromatic heterocycles. The minimum atomic E-state index is 0. The van der Waals surface area contributed by atoms with Crippen LogP contribution in [0.2, 0.25) is 0 Å². The van der Waals surface area contributed by atoms with Crippen molar-refractivity contribution >= 4 is 43.7 Å². The maximum atomic E-state index is 4.28. The van der Waals surface area contributed by atoms with Crippen LogP contribution < -0.4 is 0 Å². The van der Waals surface area contributed by atoms with Crippen LogP contribution in [0.5, 0.6) is 0 Å². The molecule has 2 aromatic rings. The molecule has 1 heterocycles. The van der Waals surface area contributed by atoms with Gasteiger partial charge in [0.15, 0.2) is 0 Å². The Kier molecular flexibility index (Phi) is 3.88. The summed E-state index contributed by atoms with van der Waals surface area (Å²) < 4.78 is 0. The highest BCUT2D eigenvalue weighted by atomic mass is 79.9. The van der Waals surface area contributed by atoms with Crippen LogP contribution in [0.15, 0.2) is 36.5 Å². The predicted molar refractivity (Wildman–Crippen MR) is 64.7 cm³/mol. The van der Waals surface area contributed by atoms with Gasteiger partial charge < -0.3 is 0 Å². The van der Waals surface area contributed by atoms with Crippen LogP contribution in [0.25, 0.3) is 10.8 Å². The number of halogens is 2. The second-order valence-electron chi connectivity index (χ2n) is 2.66. The Morgan fingerprint density at radius 3 is 2.54 bits per heavy atom. The van der Waals surface area contributed by atoms with Crippen LogP contribution in [0.1, 0.15) is 5.69 Å². The van der Waals surface area contributed by atoms with Crippen molar-refractivity contribution in [2.24, 2.45) is 0 Å². The molecule has 3 heteroatoms. The molecular weight excluding hydrogens is 294 g/mol. The summed E-state index contributed by atoms with van der Waals surface area (Å²) in [7, 11) is 0. The number of hydrogen-bond acceptors (Lipinski definition) is 1. The van der Waals surface area contributed by atoms with E-state index < -0.39 is 0 Å². The standard InChI is InChI=1S/C10H8BrN.BrH/c11-6-10-5-8-3-1-2-4-9(8)7-12-10;/h1-5,7H,6H2;1H. The first-order valence-corrected chi connectivity index (χ1v) is 4.92. The van der Waals surface area contributed by atoms with E-state index in [4.69, 9.17) is 0 Å². The topological polar surface area (TPSA) is 12.9 Å². The van der Waals surface area contributed by atoms with Crippen LogP contribution in [-0.2, 0) is 5.33 Å². The van der Waals surface area contributed by atoms with Crippen LogP contribution >= 0.6 is 32.9 Å². The molecule has 0 radical (unpaired) electrons. The molecule has 68 valence electrons. The molecule has 0 aliphatic carbocycles. The smallest absolute Gasteiger partial charge is 0.0515 e. The van der Waals surface area contributed by atoms with E-state index in [1.165, 1.54) is 10.8 Å². The van der Waals surface area contributed by atoms with Crippen molar-refractivity contribution in [1.82, 2.24) is 4.98 Å². The summed E-state index contributed by atoms with van der Waals surface area (Å²) in [4.78, 5) is 4.28. The fourth-order valence-electron chi connectivity index (χ4n) is 1.20. The van der Waals surface area contributed by atoms with Crippen LogP contribution in [0.4, 0.5) is 0 Å². The SMILES string of the molecule is Br.BrCc1cc2ccccc2cn1. The van der Waals surface area contributed by atoms with Crippen LogP contribution in [0, 0.1) is 0 Å². The molecule has 0 amide bonds. The summed E-state index contributed by atoms with van der Waals surface area (Å²) in [6.07, 6.45) is 1.91. The number of hydrogen-bond donors (Lipinski definition) is 0. The predicted octanol–water partition coefficient (Wildman–Crippen LogP) is 3.71. The Hall–Kier alpha value is -0.410. The summed E-state index contributed by atoms with van der Waals surface area (Å²) in [6, 6.07) is 10.3. The van der Waals surface area contributed by atoms with Crippen molar-refractivity contribution in [1.29, 1.82) is 0 Å². The first-order valence-electron chi connectivity index (χ1n) is 3.80. The van der Waals surface area contributed by atoms with E-state index in [0.717, 1.165) is 11.0 Å². The van der Waals surface area contributed by atoms with E-state index in [1.54, 1.807) is 0 Å². The van der Waals surface area contributed by atoms with Gasteiger partial charge in [0, 0.05) is 16.9 Å². The lowest BCUT2D eigenvalue weighted by atomic mass is 10.1. The zero-order valence-electron chi connectivity index (χ0n) is 6.90. The normalized spacial score (nSPS) is 9.62. The summed E-state index contributed by atoms with van der Waals surface area (Å²) >= 11 is 3.38. The van der Waals surface area contributed by atoms with Gasteiger partial charge in [0.2, 0.25) is 0 Å². The second kappa shape index (κ2) is 4.72. The lowest BCUT2D eigenvalue weighted by Gasteiger charge is -1.98. The minimum Gasteiger partial charge on any atom is -0.260 e. The highest BCUT2D eigenvalue weighted by Crippen LogP contribution is 2.14. The molecule has 0 unspecified atom stereocenters. The molecule has 1 aromatic carbocycles. The Bertz CT molecular complexity index is 401. The molecule has 0 atom stereocenters. The molecule has 0 aliphatic rings. The lowest BCUT2D eigenvalue weighted by molar-refractivity contribution is 1.21. The van der Waals surface area contributed by atoms with Crippen molar-refractivity contribution in [3.8, 4) is 0 Å². The molecule has 1 nitrogen and oxygen atoms in total. The first-order chi connectivity index (χ1) is 5.90. The number of rotatable bonds is 1. The number of fused-ring (bicyclic) bond motifs is 1. The molecule has 0 fully saturated rings. The maximum absolute atomic E-state index is 4.28. The van der Waals surface area contributed by atoms with Crippen molar-refractivity contribution in [3.05, 3.63) is 42.2 Å². The average Bonchev–Trinajstić information content (AvgIpc) is 2.17. The van der Waals surface area contributed by atoms with E-state index in [1.807, 2.05) is 18.3 Å². The molecule has 2 rings (SSSR count). The van der Waals surface area contributed by atoms with Crippen molar-refractivity contribution < 1.29 is 0 Å². The van der Waals surface area contributed by atoms with E-state index in [-0.39, 0.29) is 17.0 Å². The maximum Gasteiger partial charge on any atom is 0.0515 e. The van der Waals surface area contributed by atoms with E-state index in [2.05, 4.69) is 39.1 Å². The Balaban J connectivity index is 0.000000845.